The first-order valence-electron chi connectivity index (χ1n) is 8.08. The molecule has 8 nitrogen and oxygen atoms in total. The number of carbonyl (C=O) groups excluding carboxylic acids is 2. The van der Waals surface area contributed by atoms with Crippen LogP contribution in [0.5, 0.6) is 0 Å². The average molecular weight is 377 g/mol. The first-order valence-corrected chi connectivity index (χ1v) is 8.08. The second-order valence-corrected chi connectivity index (χ2v) is 5.72. The fraction of sp³-hybridized carbons (Fsp3) is 0.600. The lowest BCUT2D eigenvalue weighted by atomic mass is 9.90. The van der Waals surface area contributed by atoms with Crippen LogP contribution >= 0.6 is 0 Å². The van der Waals surface area contributed by atoms with Crippen molar-refractivity contribution in [1.29, 1.82) is 0 Å². The van der Waals surface area contributed by atoms with Gasteiger partial charge in [-0.1, -0.05) is 26.7 Å². The molecule has 0 aliphatic rings. The average Bonchev–Trinajstić information content (AvgIpc) is 2.62. The van der Waals surface area contributed by atoms with Gasteiger partial charge in [-0.25, -0.2) is 15.0 Å². The lowest BCUT2D eigenvalue weighted by Gasteiger charge is -2.23. The number of alkyl halides is 3. The highest BCUT2D eigenvalue weighted by Gasteiger charge is 2.33. The molecule has 0 aromatic carbocycles. The van der Waals surface area contributed by atoms with Crippen molar-refractivity contribution in [3.63, 3.8) is 0 Å². The van der Waals surface area contributed by atoms with Gasteiger partial charge in [0, 0.05) is 6.20 Å². The van der Waals surface area contributed by atoms with Crippen LogP contribution < -0.4 is 10.9 Å². The SMILES string of the molecule is CCC(CC)C[C@H](CN(O)C=O)C(=O)NNc1nccc(C(F)(F)F)n1. The van der Waals surface area contributed by atoms with E-state index in [9.17, 15) is 28.0 Å². The Kier molecular flexibility index (Phi) is 8.23. The van der Waals surface area contributed by atoms with Crippen molar-refractivity contribution >= 4 is 18.3 Å². The van der Waals surface area contributed by atoms with Crippen molar-refractivity contribution in [1.82, 2.24) is 20.5 Å². The highest BCUT2D eigenvalue weighted by atomic mass is 19.4. The smallest absolute Gasteiger partial charge is 0.286 e. The minimum atomic E-state index is -4.64. The van der Waals surface area contributed by atoms with Crippen LogP contribution in [0.25, 0.3) is 0 Å². The molecule has 1 rings (SSSR count). The van der Waals surface area contributed by atoms with E-state index in [4.69, 9.17) is 0 Å². The zero-order valence-electron chi connectivity index (χ0n) is 14.5. The van der Waals surface area contributed by atoms with Crippen LogP contribution in [0.4, 0.5) is 19.1 Å². The number of hydrogen-bond acceptors (Lipinski definition) is 6. The maximum Gasteiger partial charge on any atom is 0.433 e. The molecule has 1 atom stereocenters. The Bertz CT molecular complexity index is 596. The monoisotopic (exact) mass is 377 g/mol. The van der Waals surface area contributed by atoms with Gasteiger partial charge in [0.25, 0.3) is 0 Å². The molecular weight excluding hydrogens is 355 g/mol. The number of hydroxylamine groups is 2. The van der Waals surface area contributed by atoms with Crippen LogP contribution in [-0.2, 0) is 15.8 Å². The molecule has 0 aliphatic carbocycles. The van der Waals surface area contributed by atoms with Gasteiger partial charge in [-0.05, 0) is 18.4 Å². The van der Waals surface area contributed by atoms with Gasteiger partial charge < -0.3 is 0 Å². The number of hydrogen-bond donors (Lipinski definition) is 3. The quantitative estimate of drug-likeness (QED) is 0.328. The molecule has 0 saturated heterocycles. The Labute approximate surface area is 148 Å². The fourth-order valence-corrected chi connectivity index (χ4v) is 2.35. The Morgan fingerprint density at radius 1 is 1.38 bits per heavy atom. The molecule has 0 bridgehead atoms. The summed E-state index contributed by atoms with van der Waals surface area (Å²) < 4.78 is 37.9. The molecule has 0 aliphatic heterocycles. The number of nitrogens with zero attached hydrogens (tertiary/aromatic N) is 3. The number of carbonyl (C=O) groups is 2. The molecule has 26 heavy (non-hydrogen) atoms. The maximum absolute atomic E-state index is 12.6. The van der Waals surface area contributed by atoms with Gasteiger partial charge >= 0.3 is 6.18 Å². The number of rotatable bonds is 10. The van der Waals surface area contributed by atoms with E-state index in [0.29, 0.717) is 17.6 Å². The van der Waals surface area contributed by atoms with Crippen LogP contribution in [0.3, 0.4) is 0 Å². The van der Waals surface area contributed by atoms with E-state index in [1.807, 2.05) is 13.8 Å². The van der Waals surface area contributed by atoms with Crippen molar-refractivity contribution in [3.8, 4) is 0 Å². The molecule has 0 fully saturated rings. The molecule has 1 aromatic rings. The molecule has 1 heterocycles. The van der Waals surface area contributed by atoms with Crippen LogP contribution in [-0.4, -0.2) is 39.1 Å². The second kappa shape index (κ2) is 9.90. The number of hydrazine groups is 1. The molecule has 0 saturated carbocycles. The third kappa shape index (κ3) is 6.82. The molecule has 0 radical (unpaired) electrons. The van der Waals surface area contributed by atoms with Crippen LogP contribution in [0.2, 0.25) is 0 Å². The summed E-state index contributed by atoms with van der Waals surface area (Å²) >= 11 is 0. The van der Waals surface area contributed by atoms with Gasteiger partial charge in [-0.15, -0.1) is 0 Å². The Morgan fingerprint density at radius 3 is 2.58 bits per heavy atom. The number of amides is 2. The predicted octanol–water partition coefficient (Wildman–Crippen LogP) is 2.23. The highest BCUT2D eigenvalue weighted by molar-refractivity contribution is 5.80. The van der Waals surface area contributed by atoms with Crippen molar-refractivity contribution in [2.75, 3.05) is 12.0 Å². The van der Waals surface area contributed by atoms with E-state index >= 15 is 0 Å². The molecule has 146 valence electrons. The standard InChI is InChI=1S/C15H22F3N5O3/c1-3-10(4-2)7-11(8-23(26)9-24)13(25)21-22-14-19-6-5-12(20-14)15(16,17)18/h5-6,9-11,26H,3-4,7-8H2,1-2H3,(H,21,25)(H,19,20,22)/t11-/m1/s1. The minimum Gasteiger partial charge on any atom is -0.286 e. The Hall–Kier alpha value is -2.43. The highest BCUT2D eigenvalue weighted by Crippen LogP contribution is 2.27. The number of aromatic nitrogens is 2. The summed E-state index contributed by atoms with van der Waals surface area (Å²) in [6.07, 6.45) is -1.55. The molecular formula is C15H22F3N5O3. The topological polar surface area (TPSA) is 107 Å². The number of nitrogens with one attached hydrogen (secondary N) is 2. The molecule has 0 unspecified atom stereocenters. The van der Waals surface area contributed by atoms with E-state index in [1.54, 1.807) is 0 Å². The van der Waals surface area contributed by atoms with Crippen molar-refractivity contribution in [2.24, 2.45) is 11.8 Å². The predicted molar refractivity (Wildman–Crippen MR) is 85.5 cm³/mol. The number of halogens is 3. The van der Waals surface area contributed by atoms with Crippen LogP contribution in [0, 0.1) is 11.8 Å². The summed E-state index contributed by atoms with van der Waals surface area (Å²) in [5, 5.41) is 9.72. The summed E-state index contributed by atoms with van der Waals surface area (Å²) in [5.41, 5.74) is 3.30. The molecule has 2 amide bonds. The zero-order valence-corrected chi connectivity index (χ0v) is 14.5. The second-order valence-electron chi connectivity index (χ2n) is 5.72. The lowest BCUT2D eigenvalue weighted by Crippen LogP contribution is -2.41. The van der Waals surface area contributed by atoms with Crippen molar-refractivity contribution in [3.05, 3.63) is 18.0 Å². The largest absolute Gasteiger partial charge is 0.433 e. The van der Waals surface area contributed by atoms with Crippen LogP contribution in [0.1, 0.15) is 38.8 Å². The van der Waals surface area contributed by atoms with Crippen molar-refractivity contribution in [2.45, 2.75) is 39.3 Å². The van der Waals surface area contributed by atoms with E-state index in [2.05, 4.69) is 20.8 Å². The summed E-state index contributed by atoms with van der Waals surface area (Å²) in [6.45, 7) is 3.67. The summed E-state index contributed by atoms with van der Waals surface area (Å²) in [6, 6.07) is 0.705. The van der Waals surface area contributed by atoms with Gasteiger partial charge in [0.2, 0.25) is 18.3 Å². The Morgan fingerprint density at radius 2 is 2.04 bits per heavy atom. The van der Waals surface area contributed by atoms with E-state index in [-0.39, 0.29) is 18.9 Å². The first kappa shape index (κ1) is 21.6. The molecule has 1 aromatic heterocycles. The third-order valence-corrected chi connectivity index (χ3v) is 3.92. The fourth-order valence-electron chi connectivity index (χ4n) is 2.35. The van der Waals surface area contributed by atoms with Gasteiger partial charge in [-0.2, -0.15) is 13.2 Å². The molecule has 3 N–H and O–H groups in total. The first-order chi connectivity index (χ1) is 12.2. The summed E-state index contributed by atoms with van der Waals surface area (Å²) in [5.74, 6) is -1.59. The normalized spacial score (nSPS) is 12.6. The summed E-state index contributed by atoms with van der Waals surface area (Å²) in [4.78, 5) is 29.8. The van der Waals surface area contributed by atoms with Gasteiger partial charge in [-0.3, -0.25) is 25.6 Å². The van der Waals surface area contributed by atoms with Crippen molar-refractivity contribution < 1.29 is 28.0 Å². The third-order valence-electron chi connectivity index (χ3n) is 3.92. The summed E-state index contributed by atoms with van der Waals surface area (Å²) in [7, 11) is 0. The van der Waals surface area contributed by atoms with E-state index in [0.717, 1.165) is 19.0 Å². The molecule has 0 spiro atoms. The maximum atomic E-state index is 12.6. The van der Waals surface area contributed by atoms with Crippen LogP contribution in [0.15, 0.2) is 12.3 Å². The van der Waals surface area contributed by atoms with E-state index in [1.165, 1.54) is 0 Å². The molecule has 11 heteroatoms. The van der Waals surface area contributed by atoms with Gasteiger partial charge in [0.15, 0.2) is 0 Å². The Balaban J connectivity index is 2.78. The van der Waals surface area contributed by atoms with Gasteiger partial charge in [0.05, 0.1) is 12.5 Å². The minimum absolute atomic E-state index is 0.177. The zero-order chi connectivity index (χ0) is 19.7. The number of anilines is 1. The lowest BCUT2D eigenvalue weighted by molar-refractivity contribution is -0.154. The van der Waals surface area contributed by atoms with Gasteiger partial charge in [0.1, 0.15) is 5.69 Å². The van der Waals surface area contributed by atoms with E-state index < -0.39 is 29.6 Å².